The highest BCUT2D eigenvalue weighted by atomic mass is 15.3. The summed E-state index contributed by atoms with van der Waals surface area (Å²) in [5, 5.41) is 3.39. The van der Waals surface area contributed by atoms with Gasteiger partial charge in [-0.1, -0.05) is 63.2 Å². The predicted molar refractivity (Wildman–Crippen MR) is 114 cm³/mol. The molecule has 4 heteroatoms. The average Bonchev–Trinajstić information content (AvgIpc) is 2.67. The van der Waals surface area contributed by atoms with Gasteiger partial charge < -0.3 is 10.2 Å². The van der Waals surface area contributed by atoms with Gasteiger partial charge in [-0.05, 0) is 41.7 Å². The molecule has 0 aliphatic carbocycles. The first-order valence-electron chi connectivity index (χ1n) is 9.45. The van der Waals surface area contributed by atoms with Gasteiger partial charge in [-0.3, -0.25) is 0 Å². The van der Waals surface area contributed by atoms with Gasteiger partial charge in [0.2, 0.25) is 5.95 Å². The van der Waals surface area contributed by atoms with Crippen LogP contribution in [0.1, 0.15) is 38.8 Å². The quantitative estimate of drug-likeness (QED) is 0.626. The van der Waals surface area contributed by atoms with E-state index in [9.17, 15) is 0 Å². The lowest BCUT2D eigenvalue weighted by molar-refractivity contribution is 0.590. The van der Waals surface area contributed by atoms with E-state index < -0.39 is 0 Å². The van der Waals surface area contributed by atoms with Gasteiger partial charge in [-0.15, -0.1) is 0 Å². The fourth-order valence-electron chi connectivity index (χ4n) is 2.90. The van der Waals surface area contributed by atoms with Crippen molar-refractivity contribution in [2.24, 2.45) is 0 Å². The standard InChI is InChI=1S/C23H28N4/c1-5-27(17-18-9-7-6-8-10-18)22-24-16-15-21(26-22)25-20-13-11-19(12-14-20)23(2,3)4/h6-16H,5,17H2,1-4H3,(H,24,25,26). The summed E-state index contributed by atoms with van der Waals surface area (Å²) in [6.45, 7) is 10.4. The summed E-state index contributed by atoms with van der Waals surface area (Å²) in [7, 11) is 0. The Hall–Kier alpha value is -2.88. The Morgan fingerprint density at radius 2 is 1.63 bits per heavy atom. The van der Waals surface area contributed by atoms with Gasteiger partial charge in [-0.25, -0.2) is 4.98 Å². The second-order valence-electron chi connectivity index (χ2n) is 7.69. The van der Waals surface area contributed by atoms with Crippen molar-refractivity contribution in [3.05, 3.63) is 78.0 Å². The zero-order valence-electron chi connectivity index (χ0n) is 16.6. The molecule has 0 fully saturated rings. The Balaban J connectivity index is 1.74. The lowest BCUT2D eigenvalue weighted by Crippen LogP contribution is -2.24. The number of aromatic nitrogens is 2. The Bertz CT molecular complexity index is 852. The molecule has 0 atom stereocenters. The molecule has 0 aliphatic rings. The van der Waals surface area contributed by atoms with Crippen molar-refractivity contribution >= 4 is 17.5 Å². The number of nitrogens with one attached hydrogen (secondary N) is 1. The van der Waals surface area contributed by atoms with Gasteiger partial charge in [0.25, 0.3) is 0 Å². The average molecular weight is 361 g/mol. The van der Waals surface area contributed by atoms with E-state index in [1.807, 2.05) is 18.3 Å². The third kappa shape index (κ3) is 5.07. The fraction of sp³-hybridized carbons (Fsp3) is 0.304. The Labute approximate surface area is 162 Å². The van der Waals surface area contributed by atoms with Gasteiger partial charge >= 0.3 is 0 Å². The van der Waals surface area contributed by atoms with Crippen LogP contribution in [0.2, 0.25) is 0 Å². The summed E-state index contributed by atoms with van der Waals surface area (Å²) in [4.78, 5) is 11.3. The van der Waals surface area contributed by atoms with Crippen LogP contribution in [0.25, 0.3) is 0 Å². The van der Waals surface area contributed by atoms with E-state index in [1.165, 1.54) is 11.1 Å². The van der Waals surface area contributed by atoms with Crippen molar-refractivity contribution in [3.8, 4) is 0 Å². The van der Waals surface area contributed by atoms with Crippen molar-refractivity contribution in [2.75, 3.05) is 16.8 Å². The zero-order chi connectivity index (χ0) is 19.3. The lowest BCUT2D eigenvalue weighted by Gasteiger charge is -2.21. The van der Waals surface area contributed by atoms with E-state index in [0.717, 1.165) is 30.5 Å². The Morgan fingerprint density at radius 3 is 2.26 bits per heavy atom. The highest BCUT2D eigenvalue weighted by Gasteiger charge is 2.13. The van der Waals surface area contributed by atoms with E-state index in [2.05, 4.69) is 91.4 Å². The normalized spacial score (nSPS) is 11.3. The molecule has 0 amide bonds. The van der Waals surface area contributed by atoms with Crippen LogP contribution in [0, 0.1) is 0 Å². The minimum atomic E-state index is 0.152. The molecule has 0 unspecified atom stereocenters. The molecule has 2 aromatic carbocycles. The summed E-state index contributed by atoms with van der Waals surface area (Å²) >= 11 is 0. The summed E-state index contributed by atoms with van der Waals surface area (Å²) in [6, 6.07) is 20.8. The van der Waals surface area contributed by atoms with Gasteiger partial charge in [0.05, 0.1) is 0 Å². The molecule has 0 saturated heterocycles. The zero-order valence-corrected chi connectivity index (χ0v) is 16.6. The number of hydrogen-bond donors (Lipinski definition) is 1. The van der Waals surface area contributed by atoms with Crippen molar-refractivity contribution in [3.63, 3.8) is 0 Å². The first-order valence-corrected chi connectivity index (χ1v) is 9.45. The van der Waals surface area contributed by atoms with Crippen LogP contribution in [-0.4, -0.2) is 16.5 Å². The third-order valence-electron chi connectivity index (χ3n) is 4.55. The molecule has 4 nitrogen and oxygen atoms in total. The maximum Gasteiger partial charge on any atom is 0.227 e. The molecule has 0 spiro atoms. The minimum absolute atomic E-state index is 0.152. The van der Waals surface area contributed by atoms with Crippen molar-refractivity contribution < 1.29 is 0 Å². The smallest absolute Gasteiger partial charge is 0.227 e. The molecule has 1 N–H and O–H groups in total. The summed E-state index contributed by atoms with van der Waals surface area (Å²) in [5.41, 5.74) is 3.74. The monoisotopic (exact) mass is 360 g/mol. The third-order valence-corrected chi connectivity index (χ3v) is 4.55. The van der Waals surface area contributed by atoms with Gasteiger partial charge in [0.1, 0.15) is 5.82 Å². The molecule has 0 bridgehead atoms. The van der Waals surface area contributed by atoms with E-state index in [0.29, 0.717) is 0 Å². The van der Waals surface area contributed by atoms with Crippen molar-refractivity contribution in [2.45, 2.75) is 39.7 Å². The van der Waals surface area contributed by atoms with E-state index >= 15 is 0 Å². The van der Waals surface area contributed by atoms with Crippen LogP contribution in [0.5, 0.6) is 0 Å². The number of rotatable bonds is 6. The predicted octanol–water partition coefficient (Wildman–Crippen LogP) is 5.54. The fourth-order valence-corrected chi connectivity index (χ4v) is 2.90. The number of nitrogens with zero attached hydrogens (tertiary/aromatic N) is 3. The maximum absolute atomic E-state index is 4.71. The Kier molecular flexibility index (Phi) is 5.75. The minimum Gasteiger partial charge on any atom is -0.340 e. The molecular formula is C23H28N4. The van der Waals surface area contributed by atoms with Gasteiger partial charge in [0, 0.05) is 25.0 Å². The SMILES string of the molecule is CCN(Cc1ccccc1)c1nccc(Nc2ccc(C(C)(C)C)cc2)n1. The number of anilines is 3. The molecule has 3 aromatic rings. The van der Waals surface area contributed by atoms with Crippen molar-refractivity contribution in [1.29, 1.82) is 0 Å². The van der Waals surface area contributed by atoms with E-state index in [-0.39, 0.29) is 5.41 Å². The van der Waals surface area contributed by atoms with E-state index in [1.54, 1.807) is 0 Å². The molecule has 1 heterocycles. The summed E-state index contributed by atoms with van der Waals surface area (Å²) in [6.07, 6.45) is 1.81. The second-order valence-corrected chi connectivity index (χ2v) is 7.69. The molecule has 1 aromatic heterocycles. The molecule has 140 valence electrons. The van der Waals surface area contributed by atoms with Crippen LogP contribution in [0.3, 0.4) is 0 Å². The second kappa shape index (κ2) is 8.21. The Morgan fingerprint density at radius 1 is 0.926 bits per heavy atom. The summed E-state index contributed by atoms with van der Waals surface area (Å²) < 4.78 is 0. The van der Waals surface area contributed by atoms with Crippen LogP contribution in [0.15, 0.2) is 66.9 Å². The van der Waals surface area contributed by atoms with Gasteiger partial charge in [-0.2, -0.15) is 4.98 Å². The molecular weight excluding hydrogens is 332 g/mol. The van der Waals surface area contributed by atoms with Crippen LogP contribution >= 0.6 is 0 Å². The highest BCUT2D eigenvalue weighted by molar-refractivity contribution is 5.57. The topological polar surface area (TPSA) is 41.1 Å². The van der Waals surface area contributed by atoms with Gasteiger partial charge in [0.15, 0.2) is 0 Å². The number of hydrogen-bond acceptors (Lipinski definition) is 4. The van der Waals surface area contributed by atoms with E-state index in [4.69, 9.17) is 4.98 Å². The maximum atomic E-state index is 4.71. The first-order chi connectivity index (χ1) is 13.0. The number of benzene rings is 2. The molecule has 0 aliphatic heterocycles. The molecule has 27 heavy (non-hydrogen) atoms. The van der Waals surface area contributed by atoms with Crippen LogP contribution in [-0.2, 0) is 12.0 Å². The first kappa shape index (κ1) is 18.9. The summed E-state index contributed by atoms with van der Waals surface area (Å²) in [5.74, 6) is 1.53. The van der Waals surface area contributed by atoms with Crippen molar-refractivity contribution in [1.82, 2.24) is 9.97 Å². The molecule has 0 saturated carbocycles. The molecule has 0 radical (unpaired) electrons. The van der Waals surface area contributed by atoms with Crippen LogP contribution < -0.4 is 10.2 Å². The largest absolute Gasteiger partial charge is 0.340 e. The van der Waals surface area contributed by atoms with Crippen LogP contribution in [0.4, 0.5) is 17.5 Å². The lowest BCUT2D eigenvalue weighted by atomic mass is 9.87. The highest BCUT2D eigenvalue weighted by Crippen LogP contribution is 2.25. The molecule has 3 rings (SSSR count).